The Morgan fingerprint density at radius 3 is 2.80 bits per heavy atom. The first kappa shape index (κ1) is 16.3. The van der Waals surface area contributed by atoms with Crippen LogP contribution in [0, 0.1) is 0 Å². The summed E-state index contributed by atoms with van der Waals surface area (Å²) in [6.07, 6.45) is 1.12. The molecule has 0 radical (unpaired) electrons. The van der Waals surface area contributed by atoms with Crippen molar-refractivity contribution in [2.24, 2.45) is 0 Å². The molecule has 0 saturated carbocycles. The molecule has 112 valence electrons. The summed E-state index contributed by atoms with van der Waals surface area (Å²) in [5.74, 6) is 0.391. The Labute approximate surface area is 120 Å². The molecule has 0 fully saturated rings. The van der Waals surface area contributed by atoms with Crippen LogP contribution >= 0.6 is 0 Å². The summed E-state index contributed by atoms with van der Waals surface area (Å²) in [5.41, 5.74) is 7.62. The number of carbonyl (C=O) groups is 1. The largest absolute Gasteiger partial charge is 0.479 e. The van der Waals surface area contributed by atoms with Gasteiger partial charge < -0.3 is 20.5 Å². The molecule has 1 aromatic carbocycles. The predicted octanol–water partition coefficient (Wildman–Crippen LogP) is 1.75. The highest BCUT2D eigenvalue weighted by atomic mass is 16.5. The lowest BCUT2D eigenvalue weighted by atomic mass is 10.1. The number of amides is 1. The molecular weight excluding hydrogens is 256 g/mol. The minimum atomic E-state index is -0.577. The second-order valence-corrected chi connectivity index (χ2v) is 4.62. The van der Waals surface area contributed by atoms with Gasteiger partial charge in [-0.15, -0.1) is 0 Å². The average molecular weight is 280 g/mol. The monoisotopic (exact) mass is 280 g/mol. The number of methoxy groups -OCH3 is 1. The van der Waals surface area contributed by atoms with Gasteiger partial charge >= 0.3 is 0 Å². The number of anilines is 1. The van der Waals surface area contributed by atoms with Crippen LogP contribution in [0.5, 0.6) is 5.75 Å². The maximum absolute atomic E-state index is 11.8. The molecule has 0 heterocycles. The van der Waals surface area contributed by atoms with Crippen molar-refractivity contribution in [3.05, 3.63) is 23.8 Å². The van der Waals surface area contributed by atoms with Crippen molar-refractivity contribution >= 4 is 11.6 Å². The maximum atomic E-state index is 11.8. The number of nitrogens with one attached hydrogen (secondary N) is 1. The number of rotatable bonds is 8. The fraction of sp³-hybridized carbons (Fsp3) is 0.533. The lowest BCUT2D eigenvalue weighted by Gasteiger charge is -2.16. The molecule has 1 aromatic rings. The van der Waals surface area contributed by atoms with Gasteiger partial charge in [-0.05, 0) is 37.5 Å². The van der Waals surface area contributed by atoms with Crippen LogP contribution in [-0.4, -0.2) is 32.3 Å². The molecule has 5 heteroatoms. The molecule has 1 atom stereocenters. The zero-order chi connectivity index (χ0) is 15.0. The van der Waals surface area contributed by atoms with E-state index in [1.807, 2.05) is 18.2 Å². The van der Waals surface area contributed by atoms with Crippen molar-refractivity contribution in [3.8, 4) is 5.75 Å². The number of hydrogen-bond donors (Lipinski definition) is 2. The molecule has 0 aliphatic heterocycles. The molecule has 5 nitrogen and oxygen atoms in total. The smallest absolute Gasteiger partial charge is 0.260 e. The summed E-state index contributed by atoms with van der Waals surface area (Å²) in [4.78, 5) is 11.8. The van der Waals surface area contributed by atoms with E-state index in [9.17, 15) is 4.79 Å². The van der Waals surface area contributed by atoms with Crippen molar-refractivity contribution in [1.29, 1.82) is 0 Å². The Morgan fingerprint density at radius 2 is 2.20 bits per heavy atom. The maximum Gasteiger partial charge on any atom is 0.260 e. The SMILES string of the molecule is CCc1ccc(OC(C)C(=O)NCCCOC)c(N)c1. The Balaban J connectivity index is 2.48. The minimum Gasteiger partial charge on any atom is -0.479 e. The highest BCUT2D eigenvalue weighted by Crippen LogP contribution is 2.23. The van der Waals surface area contributed by atoms with Crippen molar-refractivity contribution < 1.29 is 14.3 Å². The van der Waals surface area contributed by atoms with Crippen LogP contribution in [-0.2, 0) is 16.0 Å². The fourth-order valence-corrected chi connectivity index (χ4v) is 1.74. The van der Waals surface area contributed by atoms with E-state index in [0.717, 1.165) is 18.4 Å². The number of nitrogen functional groups attached to an aromatic ring is 1. The fourth-order valence-electron chi connectivity index (χ4n) is 1.74. The van der Waals surface area contributed by atoms with Gasteiger partial charge in [-0.3, -0.25) is 4.79 Å². The summed E-state index contributed by atoms with van der Waals surface area (Å²) in [7, 11) is 1.64. The van der Waals surface area contributed by atoms with E-state index in [1.54, 1.807) is 14.0 Å². The molecule has 1 amide bonds. The van der Waals surface area contributed by atoms with E-state index in [-0.39, 0.29) is 5.91 Å². The van der Waals surface area contributed by atoms with Crippen LogP contribution in [0.2, 0.25) is 0 Å². The molecule has 3 N–H and O–H groups in total. The second kappa shape index (κ2) is 8.43. The lowest BCUT2D eigenvalue weighted by Crippen LogP contribution is -2.37. The van der Waals surface area contributed by atoms with Gasteiger partial charge in [0, 0.05) is 20.3 Å². The third kappa shape index (κ3) is 5.09. The van der Waals surface area contributed by atoms with Gasteiger partial charge in [-0.25, -0.2) is 0 Å². The third-order valence-electron chi connectivity index (χ3n) is 2.98. The van der Waals surface area contributed by atoms with Crippen molar-refractivity contribution in [3.63, 3.8) is 0 Å². The van der Waals surface area contributed by atoms with Gasteiger partial charge in [0.05, 0.1) is 5.69 Å². The van der Waals surface area contributed by atoms with Crippen molar-refractivity contribution in [2.75, 3.05) is 26.0 Å². The number of aryl methyl sites for hydroxylation is 1. The molecule has 20 heavy (non-hydrogen) atoms. The Hall–Kier alpha value is -1.75. The standard InChI is InChI=1S/C15H24N2O3/c1-4-12-6-7-14(13(16)10-12)20-11(2)15(18)17-8-5-9-19-3/h6-7,10-11H,4-5,8-9,16H2,1-3H3,(H,17,18). The zero-order valence-electron chi connectivity index (χ0n) is 12.4. The first-order valence-corrected chi connectivity index (χ1v) is 6.90. The van der Waals surface area contributed by atoms with Gasteiger partial charge in [0.2, 0.25) is 0 Å². The van der Waals surface area contributed by atoms with E-state index >= 15 is 0 Å². The summed E-state index contributed by atoms with van der Waals surface area (Å²) in [6, 6.07) is 5.64. The summed E-state index contributed by atoms with van der Waals surface area (Å²) < 4.78 is 10.5. The van der Waals surface area contributed by atoms with E-state index in [1.165, 1.54) is 0 Å². The molecule has 0 saturated heterocycles. The number of benzene rings is 1. The first-order valence-electron chi connectivity index (χ1n) is 6.90. The number of nitrogens with two attached hydrogens (primary N) is 1. The number of hydrogen-bond acceptors (Lipinski definition) is 4. The van der Waals surface area contributed by atoms with Gasteiger partial charge in [0.1, 0.15) is 5.75 Å². The van der Waals surface area contributed by atoms with Crippen LogP contribution < -0.4 is 15.8 Å². The highest BCUT2D eigenvalue weighted by Gasteiger charge is 2.15. The molecule has 0 bridgehead atoms. The normalized spacial score (nSPS) is 11.9. The summed E-state index contributed by atoms with van der Waals surface area (Å²) >= 11 is 0. The molecule has 0 spiro atoms. The van der Waals surface area contributed by atoms with Crippen LogP contribution in [0.1, 0.15) is 25.8 Å². The van der Waals surface area contributed by atoms with Gasteiger partial charge in [-0.2, -0.15) is 0 Å². The third-order valence-corrected chi connectivity index (χ3v) is 2.98. The van der Waals surface area contributed by atoms with Crippen molar-refractivity contribution in [1.82, 2.24) is 5.32 Å². The van der Waals surface area contributed by atoms with Crippen LogP contribution in [0.25, 0.3) is 0 Å². The van der Waals surface area contributed by atoms with Crippen LogP contribution in [0.4, 0.5) is 5.69 Å². The van der Waals surface area contributed by atoms with Gasteiger partial charge in [0.15, 0.2) is 6.10 Å². The average Bonchev–Trinajstić information content (AvgIpc) is 2.45. The Morgan fingerprint density at radius 1 is 1.45 bits per heavy atom. The molecular formula is C15H24N2O3. The van der Waals surface area contributed by atoms with Gasteiger partial charge in [0.25, 0.3) is 5.91 Å². The van der Waals surface area contributed by atoms with E-state index in [4.69, 9.17) is 15.2 Å². The minimum absolute atomic E-state index is 0.153. The molecule has 0 aliphatic carbocycles. The molecule has 1 rings (SSSR count). The number of ether oxygens (including phenoxy) is 2. The predicted molar refractivity (Wildman–Crippen MR) is 79.8 cm³/mol. The highest BCUT2D eigenvalue weighted by molar-refractivity contribution is 5.80. The van der Waals surface area contributed by atoms with Crippen LogP contribution in [0.3, 0.4) is 0 Å². The molecule has 0 aromatic heterocycles. The second-order valence-electron chi connectivity index (χ2n) is 4.62. The summed E-state index contributed by atoms with van der Waals surface area (Å²) in [6.45, 7) is 4.97. The van der Waals surface area contributed by atoms with Crippen LogP contribution in [0.15, 0.2) is 18.2 Å². The zero-order valence-corrected chi connectivity index (χ0v) is 12.4. The molecule has 1 unspecified atom stereocenters. The Bertz CT molecular complexity index is 435. The van der Waals surface area contributed by atoms with Crippen molar-refractivity contribution in [2.45, 2.75) is 32.8 Å². The quantitative estimate of drug-likeness (QED) is 0.562. The topological polar surface area (TPSA) is 73.6 Å². The first-order chi connectivity index (χ1) is 9.58. The van der Waals surface area contributed by atoms with E-state index < -0.39 is 6.10 Å². The van der Waals surface area contributed by atoms with Gasteiger partial charge in [-0.1, -0.05) is 13.0 Å². The summed E-state index contributed by atoms with van der Waals surface area (Å²) in [5, 5.41) is 2.79. The lowest BCUT2D eigenvalue weighted by molar-refractivity contribution is -0.127. The Kier molecular flexibility index (Phi) is 6.87. The molecule has 0 aliphatic rings. The number of carbonyl (C=O) groups excluding carboxylic acids is 1. The van der Waals surface area contributed by atoms with E-state index in [2.05, 4.69) is 12.2 Å². The van der Waals surface area contributed by atoms with E-state index in [0.29, 0.717) is 24.6 Å².